The molecule has 1 atom stereocenters. The number of rotatable bonds is 9. The summed E-state index contributed by atoms with van der Waals surface area (Å²) in [6.45, 7) is 10.9. The highest BCUT2D eigenvalue weighted by Gasteiger charge is 2.21. The molecule has 0 radical (unpaired) electrons. The zero-order chi connectivity index (χ0) is 12.3. The predicted molar refractivity (Wildman–Crippen MR) is 73.5 cm³/mol. The highest BCUT2D eigenvalue weighted by molar-refractivity contribution is 4.78. The number of ether oxygens (including phenoxy) is 1. The lowest BCUT2D eigenvalue weighted by molar-refractivity contribution is 0.0717. The third-order valence-electron chi connectivity index (χ3n) is 3.43. The molecule has 3 nitrogen and oxygen atoms in total. The highest BCUT2D eigenvalue weighted by atomic mass is 16.5. The van der Waals surface area contributed by atoms with Crippen LogP contribution in [0.5, 0.6) is 0 Å². The summed E-state index contributed by atoms with van der Waals surface area (Å²) in [6, 6.07) is 0.737. The Morgan fingerprint density at radius 2 is 2.06 bits per heavy atom. The summed E-state index contributed by atoms with van der Waals surface area (Å²) in [5.74, 6) is 0. The normalized spacial score (nSPS) is 21.9. The van der Waals surface area contributed by atoms with Crippen LogP contribution < -0.4 is 5.32 Å². The number of hydrogen-bond donors (Lipinski definition) is 1. The SMILES string of the molecule is CCCNCC1CCCCN1CCOCCC. The van der Waals surface area contributed by atoms with E-state index >= 15 is 0 Å². The van der Waals surface area contributed by atoms with E-state index in [4.69, 9.17) is 4.74 Å². The lowest BCUT2D eigenvalue weighted by Gasteiger charge is -2.35. The second kappa shape index (κ2) is 9.86. The van der Waals surface area contributed by atoms with Crippen molar-refractivity contribution in [3.8, 4) is 0 Å². The molecule has 1 N–H and O–H groups in total. The average Bonchev–Trinajstić information content (AvgIpc) is 2.36. The van der Waals surface area contributed by atoms with Crippen LogP contribution in [-0.2, 0) is 4.74 Å². The van der Waals surface area contributed by atoms with Gasteiger partial charge in [0.1, 0.15) is 0 Å². The maximum Gasteiger partial charge on any atom is 0.0593 e. The molecule has 1 fully saturated rings. The van der Waals surface area contributed by atoms with Gasteiger partial charge in [0.25, 0.3) is 0 Å². The average molecular weight is 242 g/mol. The molecule has 102 valence electrons. The molecule has 1 heterocycles. The van der Waals surface area contributed by atoms with Gasteiger partial charge in [0, 0.05) is 25.7 Å². The van der Waals surface area contributed by atoms with Crippen LogP contribution in [-0.4, -0.2) is 50.3 Å². The van der Waals surface area contributed by atoms with Crippen molar-refractivity contribution in [3.05, 3.63) is 0 Å². The summed E-state index contributed by atoms with van der Waals surface area (Å²) in [5, 5.41) is 3.55. The largest absolute Gasteiger partial charge is 0.380 e. The molecule has 0 spiro atoms. The van der Waals surface area contributed by atoms with Gasteiger partial charge >= 0.3 is 0 Å². The molecule has 0 aromatic rings. The van der Waals surface area contributed by atoms with Crippen molar-refractivity contribution in [2.24, 2.45) is 0 Å². The Bertz CT molecular complexity index is 176. The molecule has 1 saturated heterocycles. The van der Waals surface area contributed by atoms with E-state index in [1.165, 1.54) is 32.2 Å². The fourth-order valence-corrected chi connectivity index (χ4v) is 2.46. The Labute approximate surface area is 107 Å². The molecule has 3 heteroatoms. The Hall–Kier alpha value is -0.120. The maximum absolute atomic E-state index is 5.60. The van der Waals surface area contributed by atoms with Gasteiger partial charge in [0.15, 0.2) is 0 Å². The molecule has 0 aliphatic carbocycles. The topological polar surface area (TPSA) is 24.5 Å². The highest BCUT2D eigenvalue weighted by Crippen LogP contribution is 2.15. The Balaban J connectivity index is 2.17. The molecular formula is C14H30N2O. The van der Waals surface area contributed by atoms with Crippen LogP contribution in [0.25, 0.3) is 0 Å². The van der Waals surface area contributed by atoms with Gasteiger partial charge in [-0.1, -0.05) is 20.3 Å². The molecule has 0 aromatic carbocycles. The zero-order valence-corrected chi connectivity index (χ0v) is 11.7. The van der Waals surface area contributed by atoms with E-state index in [1.54, 1.807) is 0 Å². The van der Waals surface area contributed by atoms with Crippen molar-refractivity contribution in [2.75, 3.05) is 39.4 Å². The van der Waals surface area contributed by atoms with E-state index in [0.29, 0.717) is 0 Å². The van der Waals surface area contributed by atoms with Crippen molar-refractivity contribution in [2.45, 2.75) is 52.0 Å². The lowest BCUT2D eigenvalue weighted by Crippen LogP contribution is -2.46. The summed E-state index contributed by atoms with van der Waals surface area (Å²) < 4.78 is 5.60. The van der Waals surface area contributed by atoms with Crippen LogP contribution in [0.2, 0.25) is 0 Å². The van der Waals surface area contributed by atoms with Crippen LogP contribution in [0.15, 0.2) is 0 Å². The lowest BCUT2D eigenvalue weighted by atomic mass is 10.0. The van der Waals surface area contributed by atoms with E-state index in [-0.39, 0.29) is 0 Å². The molecule has 0 amide bonds. The van der Waals surface area contributed by atoms with E-state index in [2.05, 4.69) is 24.1 Å². The van der Waals surface area contributed by atoms with Crippen LogP contribution in [0, 0.1) is 0 Å². The Morgan fingerprint density at radius 1 is 1.18 bits per heavy atom. The van der Waals surface area contributed by atoms with Crippen LogP contribution >= 0.6 is 0 Å². The third-order valence-corrected chi connectivity index (χ3v) is 3.43. The summed E-state index contributed by atoms with van der Waals surface area (Å²) >= 11 is 0. The number of piperidine rings is 1. The number of nitrogens with one attached hydrogen (secondary N) is 1. The molecule has 17 heavy (non-hydrogen) atoms. The first kappa shape index (κ1) is 14.9. The van der Waals surface area contributed by atoms with Gasteiger partial charge in [0.05, 0.1) is 6.61 Å². The Kier molecular flexibility index (Phi) is 8.67. The monoisotopic (exact) mass is 242 g/mol. The second-order valence-corrected chi connectivity index (χ2v) is 5.00. The summed E-state index contributed by atoms with van der Waals surface area (Å²) in [4.78, 5) is 2.61. The third kappa shape index (κ3) is 6.39. The van der Waals surface area contributed by atoms with Crippen molar-refractivity contribution < 1.29 is 4.74 Å². The fourth-order valence-electron chi connectivity index (χ4n) is 2.46. The van der Waals surface area contributed by atoms with E-state index in [0.717, 1.165) is 45.3 Å². The van der Waals surface area contributed by atoms with Crippen molar-refractivity contribution >= 4 is 0 Å². The maximum atomic E-state index is 5.60. The molecule has 1 aliphatic rings. The zero-order valence-electron chi connectivity index (χ0n) is 11.7. The molecule has 1 rings (SSSR count). The van der Waals surface area contributed by atoms with Crippen LogP contribution in [0.1, 0.15) is 46.0 Å². The minimum absolute atomic E-state index is 0.737. The first-order chi connectivity index (χ1) is 8.38. The molecule has 0 saturated carbocycles. The first-order valence-electron chi connectivity index (χ1n) is 7.41. The second-order valence-electron chi connectivity index (χ2n) is 5.00. The number of nitrogens with zero attached hydrogens (tertiary/aromatic N) is 1. The van der Waals surface area contributed by atoms with Gasteiger partial charge in [-0.25, -0.2) is 0 Å². The van der Waals surface area contributed by atoms with E-state index < -0.39 is 0 Å². The summed E-state index contributed by atoms with van der Waals surface area (Å²) in [5.41, 5.74) is 0. The van der Waals surface area contributed by atoms with Crippen molar-refractivity contribution in [1.29, 1.82) is 0 Å². The molecule has 1 unspecified atom stereocenters. The quantitative estimate of drug-likeness (QED) is 0.628. The van der Waals surface area contributed by atoms with Gasteiger partial charge in [-0.05, 0) is 38.8 Å². The number of likely N-dealkylation sites (tertiary alicyclic amines) is 1. The molecule has 0 bridgehead atoms. The van der Waals surface area contributed by atoms with Crippen molar-refractivity contribution in [3.63, 3.8) is 0 Å². The smallest absolute Gasteiger partial charge is 0.0593 e. The van der Waals surface area contributed by atoms with Gasteiger partial charge in [-0.3, -0.25) is 4.90 Å². The number of hydrogen-bond acceptors (Lipinski definition) is 3. The Morgan fingerprint density at radius 3 is 2.82 bits per heavy atom. The van der Waals surface area contributed by atoms with E-state index in [9.17, 15) is 0 Å². The van der Waals surface area contributed by atoms with Gasteiger partial charge < -0.3 is 10.1 Å². The van der Waals surface area contributed by atoms with Gasteiger partial charge in [-0.2, -0.15) is 0 Å². The van der Waals surface area contributed by atoms with Crippen LogP contribution in [0.3, 0.4) is 0 Å². The van der Waals surface area contributed by atoms with Crippen molar-refractivity contribution in [1.82, 2.24) is 10.2 Å². The minimum Gasteiger partial charge on any atom is -0.380 e. The van der Waals surface area contributed by atoms with E-state index in [1.807, 2.05) is 0 Å². The molecule has 0 aromatic heterocycles. The predicted octanol–water partition coefficient (Wildman–Crippen LogP) is 2.27. The van der Waals surface area contributed by atoms with Gasteiger partial charge in [-0.15, -0.1) is 0 Å². The minimum atomic E-state index is 0.737. The summed E-state index contributed by atoms with van der Waals surface area (Å²) in [7, 11) is 0. The summed E-state index contributed by atoms with van der Waals surface area (Å²) in [6.07, 6.45) is 6.46. The first-order valence-corrected chi connectivity index (χ1v) is 7.41. The fraction of sp³-hybridized carbons (Fsp3) is 1.00. The van der Waals surface area contributed by atoms with Crippen LogP contribution in [0.4, 0.5) is 0 Å². The van der Waals surface area contributed by atoms with Gasteiger partial charge in [0.2, 0.25) is 0 Å². The molecular weight excluding hydrogens is 212 g/mol. The molecule has 1 aliphatic heterocycles. The standard InChI is InChI=1S/C14H30N2O/c1-3-8-15-13-14-7-5-6-9-16(14)10-12-17-11-4-2/h14-15H,3-13H2,1-2H3.